The van der Waals surface area contributed by atoms with Crippen molar-refractivity contribution in [2.24, 2.45) is 5.41 Å². The Morgan fingerprint density at radius 1 is 1.00 bits per heavy atom. The predicted molar refractivity (Wildman–Crippen MR) is 42.2 cm³/mol. The fraction of sp³-hybridized carbons (Fsp3) is 0.556. The van der Waals surface area contributed by atoms with Crippen LogP contribution in [0.4, 0.5) is 0 Å². The summed E-state index contributed by atoms with van der Waals surface area (Å²) in [6, 6.07) is 0. The van der Waals surface area contributed by atoms with Crippen LogP contribution in [0.1, 0.15) is 27.7 Å². The van der Waals surface area contributed by atoms with Gasteiger partial charge in [0.15, 0.2) is 11.6 Å². The Hall–Kier alpha value is -0.920. The second-order valence-electron chi connectivity index (χ2n) is 3.49. The highest BCUT2D eigenvalue weighted by Crippen LogP contribution is 2.52. The topological polar surface area (TPSA) is 34.1 Å². The molecule has 0 saturated heterocycles. The standard InChI is InChI=1S/C9H12O2/c1-5(10)7-8(6(2)11)9(7,3)4/h1-4H3. The van der Waals surface area contributed by atoms with Crippen molar-refractivity contribution < 1.29 is 9.59 Å². The molecule has 0 aromatic rings. The van der Waals surface area contributed by atoms with Crippen LogP contribution in [-0.4, -0.2) is 11.6 Å². The Labute approximate surface area is 66.3 Å². The van der Waals surface area contributed by atoms with Crippen LogP contribution in [-0.2, 0) is 9.59 Å². The summed E-state index contributed by atoms with van der Waals surface area (Å²) >= 11 is 0. The first-order chi connectivity index (χ1) is 4.89. The Morgan fingerprint density at radius 2 is 1.27 bits per heavy atom. The van der Waals surface area contributed by atoms with Crippen molar-refractivity contribution in [1.82, 2.24) is 0 Å². The first kappa shape index (κ1) is 8.18. The zero-order chi connectivity index (χ0) is 8.81. The van der Waals surface area contributed by atoms with E-state index in [-0.39, 0.29) is 17.0 Å². The van der Waals surface area contributed by atoms with Crippen molar-refractivity contribution in [3.05, 3.63) is 11.1 Å². The number of hydrogen-bond donors (Lipinski definition) is 0. The fourth-order valence-electron chi connectivity index (χ4n) is 1.70. The molecule has 1 aliphatic rings. The molecule has 0 aliphatic heterocycles. The quantitative estimate of drug-likeness (QED) is 0.601. The normalized spacial score (nSPS) is 20.0. The molecular formula is C9H12O2. The Morgan fingerprint density at radius 3 is 1.36 bits per heavy atom. The number of allylic oxidation sites excluding steroid dienone is 2. The van der Waals surface area contributed by atoms with E-state index in [2.05, 4.69) is 0 Å². The number of ketones is 2. The van der Waals surface area contributed by atoms with Crippen molar-refractivity contribution in [3.63, 3.8) is 0 Å². The number of carbonyl (C=O) groups excluding carboxylic acids is 2. The molecule has 0 fully saturated rings. The minimum absolute atomic E-state index is 0.0280. The Kier molecular flexibility index (Phi) is 1.51. The van der Waals surface area contributed by atoms with Crippen LogP contribution in [0.3, 0.4) is 0 Å². The lowest BCUT2D eigenvalue weighted by Gasteiger charge is -2.00. The number of carbonyl (C=O) groups is 2. The molecule has 2 heteroatoms. The second-order valence-corrected chi connectivity index (χ2v) is 3.49. The summed E-state index contributed by atoms with van der Waals surface area (Å²) in [5, 5.41) is 0. The van der Waals surface area contributed by atoms with E-state index in [4.69, 9.17) is 0 Å². The van der Waals surface area contributed by atoms with E-state index in [1.807, 2.05) is 13.8 Å². The number of Topliss-reactive ketones (excluding diaryl/α,β-unsaturated/α-hetero) is 2. The van der Waals surface area contributed by atoms with Crippen LogP contribution in [0.15, 0.2) is 11.1 Å². The SMILES string of the molecule is CC(=O)C1=C(C(C)=O)C1(C)C. The average Bonchev–Trinajstić information content (AvgIpc) is 2.33. The molecule has 2 nitrogen and oxygen atoms in total. The van der Waals surface area contributed by atoms with E-state index in [1.54, 1.807) is 0 Å². The molecular weight excluding hydrogens is 140 g/mol. The molecule has 0 amide bonds. The number of rotatable bonds is 2. The van der Waals surface area contributed by atoms with Crippen LogP contribution in [0.25, 0.3) is 0 Å². The first-order valence-corrected chi connectivity index (χ1v) is 3.66. The smallest absolute Gasteiger partial charge is 0.157 e. The Balaban J connectivity index is 2.97. The van der Waals surface area contributed by atoms with Gasteiger partial charge in [-0.2, -0.15) is 0 Å². The third-order valence-corrected chi connectivity index (χ3v) is 2.14. The lowest BCUT2D eigenvalue weighted by atomic mass is 10.0. The van der Waals surface area contributed by atoms with Gasteiger partial charge in [0.25, 0.3) is 0 Å². The average molecular weight is 152 g/mol. The summed E-state index contributed by atoms with van der Waals surface area (Å²) in [5.74, 6) is 0.0559. The molecule has 0 bridgehead atoms. The molecule has 0 N–H and O–H groups in total. The first-order valence-electron chi connectivity index (χ1n) is 3.66. The van der Waals surface area contributed by atoms with Crippen LogP contribution in [0, 0.1) is 5.41 Å². The van der Waals surface area contributed by atoms with Crippen LogP contribution < -0.4 is 0 Å². The van der Waals surface area contributed by atoms with Crippen molar-refractivity contribution >= 4 is 11.6 Å². The molecule has 11 heavy (non-hydrogen) atoms. The minimum atomic E-state index is -0.238. The highest BCUT2D eigenvalue weighted by Gasteiger charge is 2.49. The maximum absolute atomic E-state index is 10.9. The molecule has 0 aromatic heterocycles. The molecule has 60 valence electrons. The summed E-state index contributed by atoms with van der Waals surface area (Å²) in [7, 11) is 0. The van der Waals surface area contributed by atoms with Crippen molar-refractivity contribution in [1.29, 1.82) is 0 Å². The lowest BCUT2D eigenvalue weighted by Crippen LogP contribution is -2.00. The van der Waals surface area contributed by atoms with Crippen LogP contribution in [0.5, 0.6) is 0 Å². The second kappa shape index (κ2) is 2.03. The van der Waals surface area contributed by atoms with E-state index < -0.39 is 0 Å². The molecule has 0 spiro atoms. The summed E-state index contributed by atoms with van der Waals surface area (Å²) < 4.78 is 0. The monoisotopic (exact) mass is 152 g/mol. The molecule has 0 aromatic carbocycles. The van der Waals surface area contributed by atoms with Gasteiger partial charge in [0.1, 0.15) is 0 Å². The van der Waals surface area contributed by atoms with Crippen LogP contribution >= 0.6 is 0 Å². The van der Waals surface area contributed by atoms with Gasteiger partial charge in [-0.05, 0) is 13.8 Å². The molecule has 0 saturated carbocycles. The van der Waals surface area contributed by atoms with Gasteiger partial charge >= 0.3 is 0 Å². The minimum Gasteiger partial charge on any atom is -0.295 e. The molecule has 1 aliphatic carbocycles. The maximum Gasteiger partial charge on any atom is 0.157 e. The summed E-state index contributed by atoms with van der Waals surface area (Å²) in [6.07, 6.45) is 0. The summed E-state index contributed by atoms with van der Waals surface area (Å²) in [6.45, 7) is 6.82. The largest absolute Gasteiger partial charge is 0.295 e. The predicted octanol–water partition coefficient (Wildman–Crippen LogP) is 1.50. The summed E-state index contributed by atoms with van der Waals surface area (Å²) in [4.78, 5) is 21.9. The zero-order valence-corrected chi connectivity index (χ0v) is 7.32. The third-order valence-electron chi connectivity index (χ3n) is 2.14. The molecule has 0 atom stereocenters. The van der Waals surface area contributed by atoms with Gasteiger partial charge in [0.05, 0.1) is 0 Å². The molecule has 0 radical (unpaired) electrons. The Bertz CT molecular complexity index is 243. The van der Waals surface area contributed by atoms with Gasteiger partial charge in [-0.25, -0.2) is 0 Å². The fourth-order valence-corrected chi connectivity index (χ4v) is 1.70. The number of hydrogen-bond acceptors (Lipinski definition) is 2. The highest BCUT2D eigenvalue weighted by molar-refractivity contribution is 6.14. The van der Waals surface area contributed by atoms with Gasteiger partial charge in [-0.3, -0.25) is 9.59 Å². The van der Waals surface area contributed by atoms with E-state index in [1.165, 1.54) is 13.8 Å². The highest BCUT2D eigenvalue weighted by atomic mass is 16.1. The van der Waals surface area contributed by atoms with Gasteiger partial charge in [-0.15, -0.1) is 0 Å². The van der Waals surface area contributed by atoms with E-state index in [0.29, 0.717) is 11.1 Å². The van der Waals surface area contributed by atoms with Gasteiger partial charge in [0, 0.05) is 16.6 Å². The van der Waals surface area contributed by atoms with Gasteiger partial charge in [0.2, 0.25) is 0 Å². The third kappa shape index (κ3) is 1.02. The molecule has 0 unspecified atom stereocenters. The van der Waals surface area contributed by atoms with Crippen molar-refractivity contribution in [2.75, 3.05) is 0 Å². The summed E-state index contributed by atoms with van der Waals surface area (Å²) in [5.41, 5.74) is 1.19. The van der Waals surface area contributed by atoms with Gasteiger partial charge in [-0.1, -0.05) is 13.8 Å². The maximum atomic E-state index is 10.9. The van der Waals surface area contributed by atoms with Crippen molar-refractivity contribution in [2.45, 2.75) is 27.7 Å². The molecule has 0 heterocycles. The van der Waals surface area contributed by atoms with E-state index in [9.17, 15) is 9.59 Å². The van der Waals surface area contributed by atoms with E-state index >= 15 is 0 Å². The zero-order valence-electron chi connectivity index (χ0n) is 7.32. The van der Waals surface area contributed by atoms with Crippen LogP contribution in [0.2, 0.25) is 0 Å². The van der Waals surface area contributed by atoms with Crippen molar-refractivity contribution in [3.8, 4) is 0 Å². The lowest BCUT2D eigenvalue weighted by molar-refractivity contribution is -0.114. The molecule has 1 rings (SSSR count). The van der Waals surface area contributed by atoms with Gasteiger partial charge < -0.3 is 0 Å². The van der Waals surface area contributed by atoms with E-state index in [0.717, 1.165) is 0 Å².